The average Bonchev–Trinajstić information content (AvgIpc) is 2.34. The number of aliphatic hydroxyl groups is 1. The molecule has 1 rings (SSSR count). The summed E-state index contributed by atoms with van der Waals surface area (Å²) in [5.41, 5.74) is -1.21. The fourth-order valence-electron chi connectivity index (χ4n) is 1.45. The summed E-state index contributed by atoms with van der Waals surface area (Å²) in [5, 5.41) is 12.6. The van der Waals surface area contributed by atoms with E-state index in [1.165, 1.54) is 19.2 Å². The van der Waals surface area contributed by atoms with Crippen LogP contribution in [0.4, 0.5) is 4.39 Å². The van der Waals surface area contributed by atoms with E-state index in [-0.39, 0.29) is 17.1 Å². The summed E-state index contributed by atoms with van der Waals surface area (Å²) in [6, 6.07) is 3.80. The van der Waals surface area contributed by atoms with Gasteiger partial charge in [-0.15, -0.1) is 0 Å². The van der Waals surface area contributed by atoms with E-state index >= 15 is 0 Å². The molecule has 1 atom stereocenters. The number of rotatable bonds is 6. The van der Waals surface area contributed by atoms with E-state index in [0.717, 1.165) is 6.07 Å². The molecular formula is C13H17ClFNO3. The minimum atomic E-state index is -1.10. The summed E-state index contributed by atoms with van der Waals surface area (Å²) in [6.45, 7) is 1.96. The number of ether oxygens (including phenoxy) is 1. The molecule has 2 N–H and O–H groups in total. The third-order valence-corrected chi connectivity index (χ3v) is 2.89. The van der Waals surface area contributed by atoms with Crippen molar-refractivity contribution in [3.05, 3.63) is 34.6 Å². The van der Waals surface area contributed by atoms with Gasteiger partial charge in [0.05, 0.1) is 11.2 Å². The van der Waals surface area contributed by atoms with Gasteiger partial charge in [-0.05, 0) is 25.1 Å². The molecule has 1 unspecified atom stereocenters. The van der Waals surface area contributed by atoms with Gasteiger partial charge in [0.25, 0.3) is 5.91 Å². The Kier molecular flexibility index (Phi) is 5.72. The molecule has 1 amide bonds. The van der Waals surface area contributed by atoms with Crippen LogP contribution in [-0.4, -0.2) is 36.9 Å². The van der Waals surface area contributed by atoms with Crippen LogP contribution in [-0.2, 0) is 4.74 Å². The lowest BCUT2D eigenvalue weighted by Gasteiger charge is -2.23. The molecule has 0 saturated heterocycles. The van der Waals surface area contributed by atoms with Gasteiger partial charge in [0.15, 0.2) is 0 Å². The molecule has 0 aliphatic carbocycles. The summed E-state index contributed by atoms with van der Waals surface area (Å²) < 4.78 is 18.3. The van der Waals surface area contributed by atoms with E-state index in [2.05, 4.69) is 5.32 Å². The van der Waals surface area contributed by atoms with Crippen molar-refractivity contribution in [3.63, 3.8) is 0 Å². The molecule has 19 heavy (non-hydrogen) atoms. The van der Waals surface area contributed by atoms with Crippen molar-refractivity contribution in [3.8, 4) is 0 Å². The van der Waals surface area contributed by atoms with Crippen LogP contribution in [0.1, 0.15) is 23.7 Å². The van der Waals surface area contributed by atoms with E-state index in [4.69, 9.17) is 16.3 Å². The van der Waals surface area contributed by atoms with Crippen molar-refractivity contribution in [2.45, 2.75) is 18.9 Å². The van der Waals surface area contributed by atoms with Crippen LogP contribution >= 0.6 is 11.6 Å². The topological polar surface area (TPSA) is 58.6 Å². The Labute approximate surface area is 116 Å². The number of halogens is 2. The Balaban J connectivity index is 2.60. The highest BCUT2D eigenvalue weighted by Gasteiger charge is 2.22. The second-order valence-electron chi connectivity index (χ2n) is 4.55. The van der Waals surface area contributed by atoms with Gasteiger partial charge in [-0.25, -0.2) is 4.39 Å². The second kappa shape index (κ2) is 6.84. The normalized spacial score (nSPS) is 13.9. The minimum Gasteiger partial charge on any atom is -0.388 e. The van der Waals surface area contributed by atoms with Crippen molar-refractivity contribution >= 4 is 17.5 Å². The summed E-state index contributed by atoms with van der Waals surface area (Å²) in [6.07, 6.45) is 0.368. The summed E-state index contributed by atoms with van der Waals surface area (Å²) in [7, 11) is 1.53. The van der Waals surface area contributed by atoms with Crippen molar-refractivity contribution in [1.29, 1.82) is 0 Å². The maximum Gasteiger partial charge on any atom is 0.254 e. The number of nitrogens with one attached hydrogen (secondary N) is 1. The predicted octanol–water partition coefficient (Wildman–Crippen LogP) is 2.00. The number of carbonyl (C=O) groups excluding carboxylic acids is 1. The molecule has 0 spiro atoms. The van der Waals surface area contributed by atoms with Crippen molar-refractivity contribution in [2.75, 3.05) is 20.3 Å². The Hall–Kier alpha value is -1.17. The first-order valence-corrected chi connectivity index (χ1v) is 6.18. The molecule has 6 heteroatoms. The molecule has 106 valence electrons. The first-order chi connectivity index (χ1) is 8.85. The molecule has 1 aromatic carbocycles. The molecule has 0 aliphatic heterocycles. The molecule has 0 bridgehead atoms. The Morgan fingerprint density at radius 1 is 1.58 bits per heavy atom. The fraction of sp³-hybridized carbons (Fsp3) is 0.462. The first-order valence-electron chi connectivity index (χ1n) is 5.80. The highest BCUT2D eigenvalue weighted by molar-refractivity contribution is 6.30. The van der Waals surface area contributed by atoms with Crippen molar-refractivity contribution in [1.82, 2.24) is 5.32 Å². The van der Waals surface area contributed by atoms with Crippen LogP contribution in [0.5, 0.6) is 0 Å². The van der Waals surface area contributed by atoms with Gasteiger partial charge < -0.3 is 15.2 Å². The SMILES string of the molecule is COCCC(C)(O)CNC(=O)c1ccc(Cl)cc1F. The van der Waals surface area contributed by atoms with Gasteiger partial charge in [-0.1, -0.05) is 11.6 Å². The second-order valence-corrected chi connectivity index (χ2v) is 4.98. The maximum absolute atomic E-state index is 13.5. The quantitative estimate of drug-likeness (QED) is 0.842. The molecule has 0 heterocycles. The zero-order valence-corrected chi connectivity index (χ0v) is 11.6. The lowest BCUT2D eigenvalue weighted by molar-refractivity contribution is 0.0243. The van der Waals surface area contributed by atoms with Gasteiger partial charge in [0.1, 0.15) is 5.82 Å². The van der Waals surface area contributed by atoms with Crippen LogP contribution in [0.2, 0.25) is 5.02 Å². The van der Waals surface area contributed by atoms with Crippen LogP contribution in [0.25, 0.3) is 0 Å². The largest absolute Gasteiger partial charge is 0.388 e. The molecule has 1 aromatic rings. The monoisotopic (exact) mass is 289 g/mol. The van der Waals surface area contributed by atoms with Gasteiger partial charge in [-0.3, -0.25) is 4.79 Å². The van der Waals surface area contributed by atoms with E-state index in [0.29, 0.717) is 13.0 Å². The lowest BCUT2D eigenvalue weighted by Crippen LogP contribution is -2.41. The van der Waals surface area contributed by atoms with Crippen molar-refractivity contribution < 1.29 is 19.0 Å². The first kappa shape index (κ1) is 15.9. The van der Waals surface area contributed by atoms with Gasteiger partial charge in [0, 0.05) is 31.7 Å². The summed E-state index contributed by atoms with van der Waals surface area (Å²) in [5.74, 6) is -1.28. The highest BCUT2D eigenvalue weighted by atomic mass is 35.5. The number of methoxy groups -OCH3 is 1. The van der Waals surface area contributed by atoms with E-state index in [9.17, 15) is 14.3 Å². The molecular weight excluding hydrogens is 273 g/mol. The number of amides is 1. The fourth-order valence-corrected chi connectivity index (χ4v) is 1.61. The molecule has 0 fully saturated rings. The number of benzene rings is 1. The van der Waals surface area contributed by atoms with Gasteiger partial charge in [-0.2, -0.15) is 0 Å². The molecule has 0 aromatic heterocycles. The van der Waals surface area contributed by atoms with Crippen LogP contribution in [0.3, 0.4) is 0 Å². The third-order valence-electron chi connectivity index (χ3n) is 2.65. The van der Waals surface area contributed by atoms with Crippen LogP contribution < -0.4 is 5.32 Å². The van der Waals surface area contributed by atoms with E-state index in [1.54, 1.807) is 6.92 Å². The molecule has 0 radical (unpaired) electrons. The summed E-state index contributed by atoms with van der Waals surface area (Å²) >= 11 is 5.60. The predicted molar refractivity (Wildman–Crippen MR) is 70.9 cm³/mol. The summed E-state index contributed by atoms with van der Waals surface area (Å²) in [4.78, 5) is 11.8. The average molecular weight is 290 g/mol. The Bertz CT molecular complexity index is 452. The van der Waals surface area contributed by atoms with Crippen molar-refractivity contribution in [2.24, 2.45) is 0 Å². The standard InChI is InChI=1S/C13H17ClFNO3/c1-13(18,5-6-19-2)8-16-12(17)10-4-3-9(14)7-11(10)15/h3-4,7,18H,5-6,8H2,1-2H3,(H,16,17). The third kappa shape index (κ3) is 5.14. The lowest BCUT2D eigenvalue weighted by atomic mass is 10.0. The zero-order valence-electron chi connectivity index (χ0n) is 10.9. The number of hydrogen-bond acceptors (Lipinski definition) is 3. The molecule has 0 aliphatic rings. The Morgan fingerprint density at radius 2 is 2.26 bits per heavy atom. The Morgan fingerprint density at radius 3 is 2.84 bits per heavy atom. The van der Waals surface area contributed by atoms with Crippen LogP contribution in [0, 0.1) is 5.82 Å². The highest BCUT2D eigenvalue weighted by Crippen LogP contribution is 2.15. The number of carbonyl (C=O) groups is 1. The number of hydrogen-bond donors (Lipinski definition) is 2. The smallest absolute Gasteiger partial charge is 0.254 e. The molecule has 0 saturated carbocycles. The maximum atomic E-state index is 13.5. The molecule has 4 nitrogen and oxygen atoms in total. The zero-order chi connectivity index (χ0) is 14.5. The van der Waals surface area contributed by atoms with E-state index in [1.807, 2.05) is 0 Å². The van der Waals surface area contributed by atoms with Crippen LogP contribution in [0.15, 0.2) is 18.2 Å². The minimum absolute atomic E-state index is 0.0112. The van der Waals surface area contributed by atoms with E-state index < -0.39 is 17.3 Å². The van der Waals surface area contributed by atoms with Gasteiger partial charge in [0.2, 0.25) is 0 Å². The van der Waals surface area contributed by atoms with Gasteiger partial charge >= 0.3 is 0 Å².